The van der Waals surface area contributed by atoms with Crippen LogP contribution in [0.2, 0.25) is 0 Å². The highest BCUT2D eigenvalue weighted by Gasteiger charge is 2.29. The Kier molecular flexibility index (Phi) is 8.89. The average molecular weight is 522 g/mol. The number of carboxylic acids is 1. The summed E-state index contributed by atoms with van der Waals surface area (Å²) in [5, 5.41) is 29.9. The molecule has 0 fully saturated rings. The number of nitrogens with two attached hydrogens (primary N) is 1. The van der Waals surface area contributed by atoms with Crippen LogP contribution in [-0.2, 0) is 14.8 Å². The summed E-state index contributed by atoms with van der Waals surface area (Å²) in [5.41, 5.74) is 0.658. The van der Waals surface area contributed by atoms with E-state index in [1.807, 2.05) is 6.08 Å². The monoisotopic (exact) mass is 521 g/mol. The van der Waals surface area contributed by atoms with Crippen LogP contribution < -0.4 is 20.5 Å². The second-order valence-electron chi connectivity index (χ2n) is 7.25. The van der Waals surface area contributed by atoms with Gasteiger partial charge in [-0.25, -0.2) is 18.4 Å². The Morgan fingerprint density at radius 1 is 1.20 bits per heavy atom. The number of ether oxygens (including phenoxy) is 2. The number of primary sulfonamides is 1. The smallest absolute Gasteiger partial charge is 0.335 e. The number of aliphatic hydroxyl groups excluding tert-OH is 1. The van der Waals surface area contributed by atoms with Crippen LogP contribution in [0.25, 0.3) is 0 Å². The lowest BCUT2D eigenvalue weighted by molar-refractivity contribution is -0.419. The average Bonchev–Trinajstić information content (AvgIpc) is 3.34. The van der Waals surface area contributed by atoms with Crippen molar-refractivity contribution >= 4 is 50.9 Å². The van der Waals surface area contributed by atoms with E-state index in [4.69, 9.17) is 31.9 Å². The normalized spacial score (nSPS) is 12.8. The van der Waals surface area contributed by atoms with Gasteiger partial charge in [0.25, 0.3) is 5.69 Å². The summed E-state index contributed by atoms with van der Waals surface area (Å²) >= 11 is 5.22. The van der Waals surface area contributed by atoms with Crippen LogP contribution in [0, 0.1) is 0 Å². The Hall–Kier alpha value is -3.36. The molecule has 0 spiro atoms. The molecule has 0 aromatic heterocycles. The lowest BCUT2D eigenvalue weighted by Gasteiger charge is -2.14. The Labute approximate surface area is 207 Å². The Morgan fingerprint density at radius 2 is 1.94 bits per heavy atom. The van der Waals surface area contributed by atoms with Crippen LogP contribution >= 0.6 is 12.2 Å². The summed E-state index contributed by atoms with van der Waals surface area (Å²) in [6, 6.07) is 8.87. The van der Waals surface area contributed by atoms with Gasteiger partial charge in [-0.15, -0.1) is 0 Å². The van der Waals surface area contributed by atoms with Crippen LogP contribution in [0.1, 0.15) is 10.4 Å². The van der Waals surface area contributed by atoms with Gasteiger partial charge in [0, 0.05) is 24.4 Å². The third-order valence-corrected chi connectivity index (χ3v) is 5.86. The van der Waals surface area contributed by atoms with Gasteiger partial charge in [-0.05, 0) is 48.6 Å². The summed E-state index contributed by atoms with van der Waals surface area (Å²) < 4.78 is 37.3. The highest BCUT2D eigenvalue weighted by Crippen LogP contribution is 2.39. The van der Waals surface area contributed by atoms with Crippen molar-refractivity contribution < 1.29 is 37.5 Å². The first kappa shape index (κ1) is 26.2. The van der Waals surface area contributed by atoms with Crippen LogP contribution in [0.3, 0.4) is 0 Å². The molecule has 1 aliphatic heterocycles. The number of thiocarbonyl (C=S) groups is 1. The van der Waals surface area contributed by atoms with Crippen molar-refractivity contribution in [2.24, 2.45) is 5.14 Å². The molecule has 0 radical (unpaired) electrons. The number of hydrogen-bond acceptors (Lipinski definition) is 7. The fourth-order valence-electron chi connectivity index (χ4n) is 3.12. The molecule has 2 aromatic carbocycles. The van der Waals surface area contributed by atoms with Gasteiger partial charge in [0.1, 0.15) is 10.6 Å². The van der Waals surface area contributed by atoms with Crippen LogP contribution in [-0.4, -0.2) is 73.4 Å². The number of carboxylic acid groups (broad SMARTS) is 1. The first-order valence-electron chi connectivity index (χ1n) is 10.4. The topological polar surface area (TPSA) is 163 Å². The number of carbonyl (C=O) groups is 1. The lowest BCUT2D eigenvalue weighted by atomic mass is 10.1. The summed E-state index contributed by atoms with van der Waals surface area (Å²) in [4.78, 5) is 11.2. The van der Waals surface area contributed by atoms with E-state index in [1.165, 1.54) is 6.07 Å². The third kappa shape index (κ3) is 7.31. The molecule has 1 heterocycles. The second kappa shape index (κ2) is 11.9. The molecule has 0 aliphatic carbocycles. The van der Waals surface area contributed by atoms with Gasteiger partial charge in [0.05, 0.1) is 25.4 Å². The minimum atomic E-state index is -4.31. The summed E-state index contributed by atoms with van der Waals surface area (Å²) in [6.07, 6.45) is 5.25. The summed E-state index contributed by atoms with van der Waals surface area (Å²) in [6.45, 7) is 1.45. The number of hydrogen-bond donors (Lipinski definition) is 5. The van der Waals surface area contributed by atoms with Gasteiger partial charge in [-0.1, -0.05) is 0 Å². The van der Waals surface area contributed by atoms with E-state index in [2.05, 4.69) is 10.6 Å². The highest BCUT2D eigenvalue weighted by molar-refractivity contribution is 7.89. The van der Waals surface area contributed by atoms with Gasteiger partial charge in [-0.2, -0.15) is 4.58 Å². The molecule has 13 heteroatoms. The second-order valence-corrected chi connectivity index (χ2v) is 9.18. The molecule has 0 amide bonds. The highest BCUT2D eigenvalue weighted by atomic mass is 32.2. The van der Waals surface area contributed by atoms with Gasteiger partial charge in [0.2, 0.25) is 15.8 Å². The third-order valence-electron chi connectivity index (χ3n) is 4.70. The van der Waals surface area contributed by atoms with Gasteiger partial charge < -0.3 is 30.3 Å². The number of aliphatic hydroxyl groups is 1. The van der Waals surface area contributed by atoms with E-state index in [9.17, 15) is 18.3 Å². The van der Waals surface area contributed by atoms with E-state index in [0.29, 0.717) is 36.2 Å². The van der Waals surface area contributed by atoms with Crippen molar-refractivity contribution in [3.63, 3.8) is 0 Å². The Bertz CT molecular complexity index is 1260. The SMILES string of the molecule is NS(=O)(=O)c1cc(C(=O)O)cc([N+]2=CC=CC2)c1Oc1ccc(NC(=S)NCCOCCO)cc1. The predicted molar refractivity (Wildman–Crippen MR) is 133 cm³/mol. The van der Waals surface area contributed by atoms with Crippen molar-refractivity contribution in [3.05, 3.63) is 54.1 Å². The zero-order chi connectivity index (χ0) is 25.4. The number of allylic oxidation sites excluding steroid dienone is 1. The molecule has 6 N–H and O–H groups in total. The van der Waals surface area contributed by atoms with Crippen LogP contribution in [0.15, 0.2) is 53.4 Å². The molecule has 0 bridgehead atoms. The summed E-state index contributed by atoms with van der Waals surface area (Å²) in [5.74, 6) is -1.08. The molecule has 0 unspecified atom stereocenters. The van der Waals surface area contributed by atoms with E-state index >= 15 is 0 Å². The first-order valence-corrected chi connectivity index (χ1v) is 12.4. The number of aromatic carboxylic acids is 1. The van der Waals surface area contributed by atoms with Gasteiger partial charge in [-0.3, -0.25) is 0 Å². The van der Waals surface area contributed by atoms with E-state index < -0.39 is 20.9 Å². The lowest BCUT2D eigenvalue weighted by Crippen LogP contribution is -2.31. The van der Waals surface area contributed by atoms with Crippen molar-refractivity contribution in [2.45, 2.75) is 4.90 Å². The zero-order valence-corrected chi connectivity index (χ0v) is 20.1. The Balaban J connectivity index is 1.81. The molecule has 2 aromatic rings. The number of anilines is 1. The quantitative estimate of drug-likeness (QED) is 0.166. The molecule has 35 heavy (non-hydrogen) atoms. The standard InChI is InChI=1S/C22H24N4O7S2/c23-35(30,31)19-14-15(21(28)29)13-18(26-8-1-2-9-26)20(19)33-17-5-3-16(4-6-17)25-22(34)24-7-11-32-12-10-27/h1-6,8,13-14,27H,7,9-12H2,(H4-,23,24,25,28,29,30,31,34)/p+1. The largest absolute Gasteiger partial charge is 0.478 e. The van der Waals surface area contributed by atoms with Crippen molar-refractivity contribution in [1.82, 2.24) is 5.32 Å². The molecular weight excluding hydrogens is 496 g/mol. The van der Waals surface area contributed by atoms with Crippen LogP contribution in [0.4, 0.5) is 11.4 Å². The Morgan fingerprint density at radius 3 is 2.54 bits per heavy atom. The van der Waals surface area contributed by atoms with E-state index in [0.717, 1.165) is 6.07 Å². The maximum Gasteiger partial charge on any atom is 0.335 e. The maximum atomic E-state index is 12.3. The number of sulfonamides is 1. The summed E-state index contributed by atoms with van der Waals surface area (Å²) in [7, 11) is -4.31. The molecule has 0 saturated carbocycles. The molecule has 186 valence electrons. The van der Waals surface area contributed by atoms with Crippen molar-refractivity contribution in [2.75, 3.05) is 38.2 Å². The van der Waals surface area contributed by atoms with Gasteiger partial charge in [0.15, 0.2) is 17.9 Å². The molecule has 11 nitrogen and oxygen atoms in total. The molecular formula is C22H25N4O7S2+. The molecule has 0 atom stereocenters. The number of nitrogens with one attached hydrogen (secondary N) is 2. The fourth-order valence-corrected chi connectivity index (χ4v) is 4.04. The maximum absolute atomic E-state index is 12.3. The van der Waals surface area contributed by atoms with Gasteiger partial charge >= 0.3 is 5.97 Å². The molecule has 3 rings (SSSR count). The van der Waals surface area contributed by atoms with E-state index in [1.54, 1.807) is 41.1 Å². The van der Waals surface area contributed by atoms with Crippen molar-refractivity contribution in [3.8, 4) is 11.5 Å². The van der Waals surface area contributed by atoms with Crippen LogP contribution in [0.5, 0.6) is 11.5 Å². The van der Waals surface area contributed by atoms with E-state index in [-0.39, 0.29) is 30.2 Å². The number of nitrogens with zero attached hydrogens (tertiary/aromatic N) is 1. The molecule has 0 saturated heterocycles. The molecule has 1 aliphatic rings. The number of rotatable bonds is 11. The van der Waals surface area contributed by atoms with Crippen molar-refractivity contribution in [1.29, 1.82) is 0 Å². The minimum absolute atomic E-state index is 0.0474. The first-order chi connectivity index (χ1) is 16.7. The zero-order valence-electron chi connectivity index (χ0n) is 18.5. The fraction of sp³-hybridized carbons (Fsp3) is 0.227. The predicted octanol–water partition coefficient (Wildman–Crippen LogP) is 1.40. The number of benzene rings is 2. The minimum Gasteiger partial charge on any atom is -0.478 e.